The van der Waals surface area contributed by atoms with Crippen molar-refractivity contribution in [3.05, 3.63) is 51.7 Å². The number of aromatic nitrogens is 2. The van der Waals surface area contributed by atoms with Crippen molar-refractivity contribution < 1.29 is 14.3 Å². The zero-order valence-corrected chi connectivity index (χ0v) is 14.2. The normalized spacial score (nSPS) is 10.7. The van der Waals surface area contributed by atoms with E-state index in [1.807, 2.05) is 36.4 Å². The van der Waals surface area contributed by atoms with Crippen molar-refractivity contribution in [3.63, 3.8) is 0 Å². The predicted octanol–water partition coefficient (Wildman–Crippen LogP) is 3.43. The number of halogens is 1. The van der Waals surface area contributed by atoms with E-state index in [0.29, 0.717) is 11.1 Å². The van der Waals surface area contributed by atoms with E-state index < -0.39 is 5.97 Å². The molecule has 2 aromatic carbocycles. The lowest BCUT2D eigenvalue weighted by Crippen LogP contribution is -2.04. The van der Waals surface area contributed by atoms with Crippen LogP contribution in [0.15, 0.2) is 42.5 Å². The van der Waals surface area contributed by atoms with Gasteiger partial charge in [-0.15, -0.1) is 0 Å². The topological polar surface area (TPSA) is 53.3 Å². The van der Waals surface area contributed by atoms with Gasteiger partial charge in [0.1, 0.15) is 5.75 Å². The van der Waals surface area contributed by atoms with E-state index in [0.717, 1.165) is 14.8 Å². The number of benzene rings is 2. The number of esters is 1. The molecule has 0 fully saturated rings. The Morgan fingerprint density at radius 2 is 2.00 bits per heavy atom. The molecule has 3 rings (SSSR count). The molecule has 0 bridgehead atoms. The summed E-state index contributed by atoms with van der Waals surface area (Å²) < 4.78 is 12.9. The van der Waals surface area contributed by atoms with E-state index in [4.69, 9.17) is 9.47 Å². The maximum absolute atomic E-state index is 12.0. The standard InChI is InChI=1S/C16H13IN2O3/c1-21-12-6-7-14-13(9-12)15(16(20)22-2)18-19(14)11-5-3-4-10(17)8-11/h3-9H,1-2H3. The van der Waals surface area contributed by atoms with Crippen molar-refractivity contribution in [1.29, 1.82) is 0 Å². The quantitative estimate of drug-likeness (QED) is 0.493. The Morgan fingerprint density at radius 3 is 2.68 bits per heavy atom. The Kier molecular flexibility index (Phi) is 4.02. The van der Waals surface area contributed by atoms with E-state index in [2.05, 4.69) is 27.7 Å². The molecule has 22 heavy (non-hydrogen) atoms. The van der Waals surface area contributed by atoms with Gasteiger partial charge in [0, 0.05) is 8.96 Å². The predicted molar refractivity (Wildman–Crippen MR) is 91.7 cm³/mol. The number of nitrogens with zero attached hydrogens (tertiary/aromatic N) is 2. The summed E-state index contributed by atoms with van der Waals surface area (Å²) in [5.74, 6) is 0.197. The molecular formula is C16H13IN2O3. The fraction of sp³-hybridized carbons (Fsp3) is 0.125. The zero-order valence-electron chi connectivity index (χ0n) is 12.0. The molecule has 5 nitrogen and oxygen atoms in total. The van der Waals surface area contributed by atoms with Gasteiger partial charge < -0.3 is 9.47 Å². The molecule has 0 saturated heterocycles. The van der Waals surface area contributed by atoms with E-state index in [1.54, 1.807) is 17.9 Å². The molecule has 0 spiro atoms. The summed E-state index contributed by atoms with van der Waals surface area (Å²) in [4.78, 5) is 12.0. The lowest BCUT2D eigenvalue weighted by Gasteiger charge is -2.04. The summed E-state index contributed by atoms with van der Waals surface area (Å²) in [7, 11) is 2.93. The molecule has 0 aliphatic heterocycles. The minimum atomic E-state index is -0.470. The largest absolute Gasteiger partial charge is 0.497 e. The SMILES string of the molecule is COC(=O)c1nn(-c2cccc(I)c2)c2ccc(OC)cc12. The second kappa shape index (κ2) is 5.96. The summed E-state index contributed by atoms with van der Waals surface area (Å²) in [6.07, 6.45) is 0. The Morgan fingerprint density at radius 1 is 1.18 bits per heavy atom. The van der Waals surface area contributed by atoms with Gasteiger partial charge in [-0.3, -0.25) is 0 Å². The third-order valence-corrected chi connectivity index (χ3v) is 3.99. The van der Waals surface area contributed by atoms with Gasteiger partial charge in [-0.05, 0) is 59.0 Å². The van der Waals surface area contributed by atoms with Gasteiger partial charge in [0.2, 0.25) is 0 Å². The van der Waals surface area contributed by atoms with Crippen LogP contribution in [0.5, 0.6) is 5.75 Å². The van der Waals surface area contributed by atoms with Crippen LogP contribution in [0, 0.1) is 3.57 Å². The number of methoxy groups -OCH3 is 2. The maximum atomic E-state index is 12.0. The van der Waals surface area contributed by atoms with Gasteiger partial charge in [0.05, 0.1) is 25.4 Å². The van der Waals surface area contributed by atoms with E-state index in [1.165, 1.54) is 7.11 Å². The highest BCUT2D eigenvalue weighted by Crippen LogP contribution is 2.27. The summed E-state index contributed by atoms with van der Waals surface area (Å²) in [6.45, 7) is 0. The third kappa shape index (κ3) is 2.54. The molecule has 0 aliphatic carbocycles. The highest BCUT2D eigenvalue weighted by molar-refractivity contribution is 14.1. The molecule has 0 saturated carbocycles. The fourth-order valence-electron chi connectivity index (χ4n) is 2.28. The molecule has 0 aliphatic rings. The van der Waals surface area contributed by atoms with Crippen molar-refractivity contribution in [1.82, 2.24) is 9.78 Å². The van der Waals surface area contributed by atoms with Crippen LogP contribution in [-0.4, -0.2) is 30.0 Å². The van der Waals surface area contributed by atoms with Crippen LogP contribution in [0.2, 0.25) is 0 Å². The first-order chi connectivity index (χ1) is 10.6. The average molecular weight is 408 g/mol. The number of ether oxygens (including phenoxy) is 2. The molecule has 0 N–H and O–H groups in total. The molecule has 112 valence electrons. The van der Waals surface area contributed by atoms with Gasteiger partial charge >= 0.3 is 5.97 Å². The van der Waals surface area contributed by atoms with Crippen molar-refractivity contribution in [2.24, 2.45) is 0 Å². The molecular weight excluding hydrogens is 395 g/mol. The number of carbonyl (C=O) groups is 1. The molecule has 0 unspecified atom stereocenters. The Balaban J connectivity index is 2.29. The highest BCUT2D eigenvalue weighted by Gasteiger charge is 2.19. The Bertz CT molecular complexity index is 858. The van der Waals surface area contributed by atoms with Crippen molar-refractivity contribution >= 4 is 39.5 Å². The van der Waals surface area contributed by atoms with Gasteiger partial charge in [-0.2, -0.15) is 5.10 Å². The molecule has 1 heterocycles. The zero-order chi connectivity index (χ0) is 15.7. The van der Waals surface area contributed by atoms with E-state index in [9.17, 15) is 4.79 Å². The maximum Gasteiger partial charge on any atom is 0.359 e. The minimum absolute atomic E-state index is 0.273. The van der Waals surface area contributed by atoms with Gasteiger partial charge in [-0.1, -0.05) is 6.07 Å². The van der Waals surface area contributed by atoms with Crippen LogP contribution < -0.4 is 4.74 Å². The van der Waals surface area contributed by atoms with Gasteiger partial charge in [-0.25, -0.2) is 9.48 Å². The van der Waals surface area contributed by atoms with Gasteiger partial charge in [0.15, 0.2) is 5.69 Å². The first-order valence-electron chi connectivity index (χ1n) is 6.55. The van der Waals surface area contributed by atoms with E-state index in [-0.39, 0.29) is 5.69 Å². The van der Waals surface area contributed by atoms with Crippen LogP contribution in [0.25, 0.3) is 16.6 Å². The second-order valence-corrected chi connectivity index (χ2v) is 5.86. The number of carbonyl (C=O) groups excluding carboxylic acids is 1. The smallest absolute Gasteiger partial charge is 0.359 e. The number of rotatable bonds is 3. The van der Waals surface area contributed by atoms with Crippen molar-refractivity contribution in [2.75, 3.05) is 14.2 Å². The fourth-order valence-corrected chi connectivity index (χ4v) is 2.80. The number of fused-ring (bicyclic) bond motifs is 1. The van der Waals surface area contributed by atoms with Gasteiger partial charge in [0.25, 0.3) is 0 Å². The number of hydrogen-bond acceptors (Lipinski definition) is 4. The summed E-state index contributed by atoms with van der Waals surface area (Å²) in [6, 6.07) is 13.4. The summed E-state index contributed by atoms with van der Waals surface area (Å²) >= 11 is 2.24. The molecule has 0 amide bonds. The lowest BCUT2D eigenvalue weighted by atomic mass is 10.2. The molecule has 1 aromatic heterocycles. The molecule has 3 aromatic rings. The second-order valence-electron chi connectivity index (χ2n) is 4.61. The summed E-state index contributed by atoms with van der Waals surface area (Å²) in [5.41, 5.74) is 1.98. The average Bonchev–Trinajstić information content (AvgIpc) is 2.92. The minimum Gasteiger partial charge on any atom is -0.497 e. The van der Waals surface area contributed by atoms with Crippen molar-refractivity contribution in [3.8, 4) is 11.4 Å². The third-order valence-electron chi connectivity index (χ3n) is 3.32. The lowest BCUT2D eigenvalue weighted by molar-refractivity contribution is 0.0595. The molecule has 6 heteroatoms. The molecule has 0 radical (unpaired) electrons. The highest BCUT2D eigenvalue weighted by atomic mass is 127. The van der Waals surface area contributed by atoms with Crippen LogP contribution in [-0.2, 0) is 4.74 Å². The first-order valence-corrected chi connectivity index (χ1v) is 7.63. The Labute approximate surface area is 141 Å². The van der Waals surface area contributed by atoms with E-state index >= 15 is 0 Å². The van der Waals surface area contributed by atoms with Crippen LogP contribution in [0.4, 0.5) is 0 Å². The first kappa shape index (κ1) is 14.8. The van der Waals surface area contributed by atoms with Crippen LogP contribution >= 0.6 is 22.6 Å². The van der Waals surface area contributed by atoms with Crippen LogP contribution in [0.3, 0.4) is 0 Å². The monoisotopic (exact) mass is 408 g/mol. The Hall–Kier alpha value is -2.09. The summed E-state index contributed by atoms with van der Waals surface area (Å²) in [5, 5.41) is 5.13. The number of hydrogen-bond donors (Lipinski definition) is 0. The van der Waals surface area contributed by atoms with Crippen LogP contribution in [0.1, 0.15) is 10.5 Å². The molecule has 0 atom stereocenters. The van der Waals surface area contributed by atoms with Crippen molar-refractivity contribution in [2.45, 2.75) is 0 Å².